The van der Waals surface area contributed by atoms with Gasteiger partial charge in [0.1, 0.15) is 5.75 Å². The molecule has 0 bridgehead atoms. The Labute approximate surface area is 165 Å². The van der Waals surface area contributed by atoms with Crippen LogP contribution in [0.5, 0.6) is 5.75 Å². The topological polar surface area (TPSA) is 89.6 Å². The molecule has 1 atom stereocenters. The summed E-state index contributed by atoms with van der Waals surface area (Å²) in [6, 6.07) is 11.3. The highest BCUT2D eigenvalue weighted by molar-refractivity contribution is 8.13. The van der Waals surface area contributed by atoms with Gasteiger partial charge < -0.3 is 9.47 Å². The first kappa shape index (κ1) is 17.2. The van der Waals surface area contributed by atoms with Crippen molar-refractivity contribution >= 4 is 34.5 Å². The van der Waals surface area contributed by atoms with E-state index in [4.69, 9.17) is 14.5 Å². The van der Waals surface area contributed by atoms with Crippen LogP contribution in [0, 0.1) is 10.1 Å². The van der Waals surface area contributed by atoms with Gasteiger partial charge in [0.15, 0.2) is 12.0 Å². The number of hydrazone groups is 1. The van der Waals surface area contributed by atoms with Crippen molar-refractivity contribution < 1.29 is 14.4 Å². The Kier molecular flexibility index (Phi) is 4.25. The van der Waals surface area contributed by atoms with Crippen LogP contribution in [0.2, 0.25) is 0 Å². The highest BCUT2D eigenvalue weighted by Gasteiger charge is 2.33. The fourth-order valence-electron chi connectivity index (χ4n) is 3.62. The molecule has 142 valence electrons. The van der Waals surface area contributed by atoms with Gasteiger partial charge in [-0.2, -0.15) is 5.10 Å². The molecular weight excluding hydrogens is 380 g/mol. The molecule has 0 saturated heterocycles. The number of rotatable bonds is 3. The number of nitrogens with zero attached hydrogens (tertiary/aromatic N) is 4. The number of para-hydroxylation sites is 1. The van der Waals surface area contributed by atoms with E-state index in [2.05, 4.69) is 11.2 Å². The molecule has 2 aromatic carbocycles. The molecule has 0 N–H and O–H groups in total. The van der Waals surface area contributed by atoms with E-state index in [-0.39, 0.29) is 18.5 Å². The molecule has 3 heterocycles. The lowest BCUT2D eigenvalue weighted by Crippen LogP contribution is -2.27. The summed E-state index contributed by atoms with van der Waals surface area (Å²) in [4.78, 5) is 15.7. The fraction of sp³-hybridized carbons (Fsp3) is 0.263. The maximum absolute atomic E-state index is 11.3. The first-order valence-corrected chi connectivity index (χ1v) is 9.82. The van der Waals surface area contributed by atoms with Crippen molar-refractivity contribution in [3.8, 4) is 5.75 Å². The maximum Gasteiger partial charge on any atom is 0.270 e. The second kappa shape index (κ2) is 6.92. The normalized spacial score (nSPS) is 19.4. The molecule has 3 aliphatic rings. The van der Waals surface area contributed by atoms with Crippen molar-refractivity contribution in [3.63, 3.8) is 0 Å². The SMILES string of the molecule is O=[N+]([O-])c1cc2c(c(CSC3=Nc4ccccc4[C@@H]4CC=NN34)c1)OCOC2. The lowest BCUT2D eigenvalue weighted by atomic mass is 10.0. The van der Waals surface area contributed by atoms with Crippen molar-refractivity contribution in [2.24, 2.45) is 10.1 Å². The second-order valence-electron chi connectivity index (χ2n) is 6.60. The monoisotopic (exact) mass is 396 g/mol. The van der Waals surface area contributed by atoms with Gasteiger partial charge in [0.2, 0.25) is 0 Å². The van der Waals surface area contributed by atoms with Crippen LogP contribution < -0.4 is 4.74 Å². The third-order valence-corrected chi connectivity index (χ3v) is 5.87. The van der Waals surface area contributed by atoms with Crippen LogP contribution in [-0.2, 0) is 17.1 Å². The highest BCUT2D eigenvalue weighted by atomic mass is 32.2. The summed E-state index contributed by atoms with van der Waals surface area (Å²) in [7, 11) is 0. The molecule has 0 aromatic heterocycles. The minimum absolute atomic E-state index is 0.0384. The zero-order chi connectivity index (χ0) is 19.1. The number of benzene rings is 2. The molecule has 28 heavy (non-hydrogen) atoms. The first-order valence-electron chi connectivity index (χ1n) is 8.83. The molecule has 0 aliphatic carbocycles. The van der Waals surface area contributed by atoms with E-state index in [1.165, 1.54) is 17.8 Å². The highest BCUT2D eigenvalue weighted by Crippen LogP contribution is 2.42. The average Bonchev–Trinajstić information content (AvgIpc) is 3.22. The van der Waals surface area contributed by atoms with E-state index in [0.717, 1.165) is 28.4 Å². The predicted octanol–water partition coefficient (Wildman–Crippen LogP) is 4.13. The van der Waals surface area contributed by atoms with Gasteiger partial charge in [0.25, 0.3) is 5.69 Å². The van der Waals surface area contributed by atoms with Gasteiger partial charge in [0.05, 0.1) is 23.3 Å². The number of fused-ring (bicyclic) bond motifs is 4. The van der Waals surface area contributed by atoms with Crippen LogP contribution in [0.15, 0.2) is 46.5 Å². The Morgan fingerprint density at radius 2 is 2.21 bits per heavy atom. The number of ether oxygens (including phenoxy) is 2. The number of aliphatic imine (C=N–C) groups is 1. The van der Waals surface area contributed by atoms with Crippen LogP contribution in [0.1, 0.15) is 29.2 Å². The summed E-state index contributed by atoms with van der Waals surface area (Å²) in [6.45, 7) is 0.455. The standard InChI is InChI=1S/C19H16N4O4S/c24-23(25)14-7-12-9-26-11-27-18(12)13(8-14)10-28-19-21-16-4-2-1-3-15(16)17-5-6-20-22(17)19/h1-4,6-8,17H,5,9-11H2/t17-/m0/s1. The first-order chi connectivity index (χ1) is 13.7. The maximum atomic E-state index is 11.3. The van der Waals surface area contributed by atoms with Crippen molar-refractivity contribution in [3.05, 3.63) is 63.2 Å². The van der Waals surface area contributed by atoms with Crippen LogP contribution in [-0.4, -0.2) is 28.1 Å². The van der Waals surface area contributed by atoms with E-state index in [1.807, 2.05) is 29.4 Å². The summed E-state index contributed by atoms with van der Waals surface area (Å²) >= 11 is 1.50. The van der Waals surface area contributed by atoms with Gasteiger partial charge in [-0.15, -0.1) is 0 Å². The molecule has 8 nitrogen and oxygen atoms in total. The fourth-order valence-corrected chi connectivity index (χ4v) is 4.58. The third kappa shape index (κ3) is 2.92. The molecule has 0 spiro atoms. The number of nitro groups is 1. The predicted molar refractivity (Wildman–Crippen MR) is 106 cm³/mol. The molecule has 0 fully saturated rings. The van der Waals surface area contributed by atoms with Crippen molar-refractivity contribution in [2.45, 2.75) is 24.8 Å². The van der Waals surface area contributed by atoms with Gasteiger partial charge in [-0.3, -0.25) is 10.1 Å². The summed E-state index contributed by atoms with van der Waals surface area (Å²) < 4.78 is 10.9. The Bertz CT molecular complexity index is 1020. The Morgan fingerprint density at radius 3 is 3.11 bits per heavy atom. The van der Waals surface area contributed by atoms with E-state index in [0.29, 0.717) is 23.7 Å². The van der Waals surface area contributed by atoms with Crippen LogP contribution in [0.25, 0.3) is 0 Å². The Morgan fingerprint density at radius 1 is 1.32 bits per heavy atom. The number of hydrogen-bond donors (Lipinski definition) is 0. The molecule has 0 amide bonds. The summed E-state index contributed by atoms with van der Waals surface area (Å²) in [5.41, 5.74) is 3.61. The average molecular weight is 396 g/mol. The van der Waals surface area contributed by atoms with Crippen molar-refractivity contribution in [2.75, 3.05) is 6.79 Å². The Hall–Kier alpha value is -2.91. The summed E-state index contributed by atoms with van der Waals surface area (Å²) in [5.74, 6) is 1.16. The Balaban J connectivity index is 1.46. The molecule has 5 rings (SSSR count). The van der Waals surface area contributed by atoms with Crippen molar-refractivity contribution in [1.29, 1.82) is 0 Å². The number of nitro benzene ring substituents is 1. The minimum atomic E-state index is -0.391. The minimum Gasteiger partial charge on any atom is -0.467 e. The van der Waals surface area contributed by atoms with Crippen molar-refractivity contribution in [1.82, 2.24) is 5.01 Å². The summed E-state index contributed by atoms with van der Waals surface area (Å²) in [5, 5.41) is 18.5. The molecule has 3 aliphatic heterocycles. The van der Waals surface area contributed by atoms with E-state index < -0.39 is 4.92 Å². The third-order valence-electron chi connectivity index (χ3n) is 4.88. The van der Waals surface area contributed by atoms with Crippen LogP contribution in [0.3, 0.4) is 0 Å². The van der Waals surface area contributed by atoms with Gasteiger partial charge >= 0.3 is 0 Å². The van der Waals surface area contributed by atoms with E-state index in [1.54, 1.807) is 6.07 Å². The number of amidine groups is 1. The van der Waals surface area contributed by atoms with Gasteiger partial charge in [-0.25, -0.2) is 10.0 Å². The number of hydrogen-bond acceptors (Lipinski definition) is 8. The largest absolute Gasteiger partial charge is 0.467 e. The number of non-ortho nitro benzene ring substituents is 1. The quantitative estimate of drug-likeness (QED) is 0.572. The number of thioether (sulfide) groups is 1. The molecule has 2 aromatic rings. The van der Waals surface area contributed by atoms with Gasteiger partial charge in [-0.1, -0.05) is 30.0 Å². The van der Waals surface area contributed by atoms with Crippen LogP contribution >= 0.6 is 11.8 Å². The lowest BCUT2D eigenvalue weighted by Gasteiger charge is -2.30. The molecule has 0 radical (unpaired) electrons. The molecule has 9 heteroatoms. The smallest absolute Gasteiger partial charge is 0.270 e. The molecule has 0 saturated carbocycles. The van der Waals surface area contributed by atoms with Gasteiger partial charge in [0, 0.05) is 47.2 Å². The van der Waals surface area contributed by atoms with Crippen LogP contribution in [0.4, 0.5) is 11.4 Å². The van der Waals surface area contributed by atoms with Gasteiger partial charge in [-0.05, 0) is 6.07 Å². The lowest BCUT2D eigenvalue weighted by molar-refractivity contribution is -0.385. The summed E-state index contributed by atoms with van der Waals surface area (Å²) in [6.07, 6.45) is 2.74. The zero-order valence-corrected chi connectivity index (χ0v) is 15.6. The van der Waals surface area contributed by atoms with E-state index in [9.17, 15) is 10.1 Å². The molecule has 0 unspecified atom stereocenters. The molecular formula is C19H16N4O4S. The van der Waals surface area contributed by atoms with E-state index >= 15 is 0 Å². The zero-order valence-electron chi connectivity index (χ0n) is 14.8. The second-order valence-corrected chi connectivity index (χ2v) is 7.54.